The molecule has 1 fully saturated rings. The summed E-state index contributed by atoms with van der Waals surface area (Å²) in [7, 11) is 0. The first-order valence-corrected chi connectivity index (χ1v) is 7.77. The predicted molar refractivity (Wildman–Crippen MR) is 78.5 cm³/mol. The molecule has 1 aromatic carbocycles. The number of rotatable bonds is 3. The van der Waals surface area contributed by atoms with Crippen molar-refractivity contribution in [3.05, 3.63) is 29.3 Å². The Kier molecular flexibility index (Phi) is 4.07. The Morgan fingerprint density at radius 3 is 2.89 bits per heavy atom. The van der Waals surface area contributed by atoms with Gasteiger partial charge in [0.2, 0.25) is 0 Å². The van der Waals surface area contributed by atoms with Crippen LogP contribution in [0.1, 0.15) is 43.7 Å². The van der Waals surface area contributed by atoms with Crippen LogP contribution in [-0.4, -0.2) is 13.2 Å². The minimum atomic E-state index is 0.767. The molecule has 19 heavy (non-hydrogen) atoms. The largest absolute Gasteiger partial charge is 0.493 e. The molecule has 1 heterocycles. The third kappa shape index (κ3) is 3.11. The summed E-state index contributed by atoms with van der Waals surface area (Å²) in [5, 5.41) is 3.45. The zero-order valence-corrected chi connectivity index (χ0v) is 12.0. The smallest absolute Gasteiger partial charge is 0.124 e. The van der Waals surface area contributed by atoms with E-state index in [2.05, 4.69) is 30.4 Å². The topological polar surface area (TPSA) is 21.3 Å². The van der Waals surface area contributed by atoms with Crippen LogP contribution in [0.15, 0.2) is 18.2 Å². The van der Waals surface area contributed by atoms with Gasteiger partial charge in [-0.1, -0.05) is 31.9 Å². The van der Waals surface area contributed by atoms with Gasteiger partial charge in [0.25, 0.3) is 0 Å². The van der Waals surface area contributed by atoms with E-state index in [1.54, 1.807) is 0 Å². The van der Waals surface area contributed by atoms with Gasteiger partial charge in [0.05, 0.1) is 6.61 Å². The van der Waals surface area contributed by atoms with Crippen LogP contribution in [0.3, 0.4) is 0 Å². The molecule has 1 aromatic rings. The number of hydrogen-bond acceptors (Lipinski definition) is 2. The van der Waals surface area contributed by atoms with Crippen molar-refractivity contribution in [1.29, 1.82) is 0 Å². The zero-order valence-electron chi connectivity index (χ0n) is 12.0. The summed E-state index contributed by atoms with van der Waals surface area (Å²) in [5.74, 6) is 2.80. The highest BCUT2D eigenvalue weighted by Gasteiger charge is 2.20. The van der Waals surface area contributed by atoms with Crippen molar-refractivity contribution in [1.82, 2.24) is 5.32 Å². The van der Waals surface area contributed by atoms with Crippen LogP contribution in [0.2, 0.25) is 0 Å². The SMILES string of the molecule is CC1CCC(COc2cccc3c2CNCC3)CC1. The summed E-state index contributed by atoms with van der Waals surface area (Å²) in [4.78, 5) is 0. The van der Waals surface area contributed by atoms with Crippen LogP contribution >= 0.6 is 0 Å². The highest BCUT2D eigenvalue weighted by Crippen LogP contribution is 2.30. The van der Waals surface area contributed by atoms with E-state index in [1.165, 1.54) is 36.8 Å². The first kappa shape index (κ1) is 13.0. The Balaban J connectivity index is 1.61. The molecule has 0 unspecified atom stereocenters. The fraction of sp³-hybridized carbons (Fsp3) is 0.647. The summed E-state index contributed by atoms with van der Waals surface area (Å²) in [6, 6.07) is 6.52. The summed E-state index contributed by atoms with van der Waals surface area (Å²) >= 11 is 0. The van der Waals surface area contributed by atoms with Crippen LogP contribution in [0, 0.1) is 11.8 Å². The van der Waals surface area contributed by atoms with Crippen molar-refractivity contribution in [2.24, 2.45) is 11.8 Å². The lowest BCUT2D eigenvalue weighted by atomic mass is 9.83. The molecule has 1 N–H and O–H groups in total. The van der Waals surface area contributed by atoms with Crippen molar-refractivity contribution in [2.75, 3.05) is 13.2 Å². The first-order valence-electron chi connectivity index (χ1n) is 7.77. The number of ether oxygens (including phenoxy) is 1. The van der Waals surface area contributed by atoms with Crippen molar-refractivity contribution in [2.45, 2.75) is 45.6 Å². The third-order valence-electron chi connectivity index (χ3n) is 4.71. The van der Waals surface area contributed by atoms with E-state index >= 15 is 0 Å². The molecule has 0 aromatic heterocycles. The number of fused-ring (bicyclic) bond motifs is 1. The maximum Gasteiger partial charge on any atom is 0.124 e. The molecule has 0 saturated heterocycles. The van der Waals surface area contributed by atoms with Gasteiger partial charge in [0.1, 0.15) is 5.75 Å². The highest BCUT2D eigenvalue weighted by molar-refractivity contribution is 5.41. The van der Waals surface area contributed by atoms with Crippen molar-refractivity contribution >= 4 is 0 Å². The predicted octanol–water partition coefficient (Wildman–Crippen LogP) is 3.54. The molecule has 1 saturated carbocycles. The molecule has 0 atom stereocenters. The fourth-order valence-electron chi connectivity index (χ4n) is 3.32. The molecule has 2 aliphatic rings. The van der Waals surface area contributed by atoms with Gasteiger partial charge in [0.15, 0.2) is 0 Å². The molecule has 0 bridgehead atoms. The van der Waals surface area contributed by atoms with E-state index in [0.717, 1.165) is 43.7 Å². The van der Waals surface area contributed by atoms with Gasteiger partial charge in [-0.05, 0) is 49.3 Å². The second-order valence-electron chi connectivity index (χ2n) is 6.26. The van der Waals surface area contributed by atoms with Gasteiger partial charge < -0.3 is 10.1 Å². The van der Waals surface area contributed by atoms with Gasteiger partial charge in [-0.25, -0.2) is 0 Å². The van der Waals surface area contributed by atoms with Crippen LogP contribution in [0.4, 0.5) is 0 Å². The molecule has 0 spiro atoms. The molecule has 104 valence electrons. The van der Waals surface area contributed by atoms with Gasteiger partial charge in [-0.15, -0.1) is 0 Å². The van der Waals surface area contributed by atoms with Crippen LogP contribution in [0.25, 0.3) is 0 Å². The Morgan fingerprint density at radius 1 is 1.21 bits per heavy atom. The Labute approximate surface area is 116 Å². The molecule has 2 heteroatoms. The van der Waals surface area contributed by atoms with Crippen molar-refractivity contribution in [3.63, 3.8) is 0 Å². The minimum Gasteiger partial charge on any atom is -0.493 e. The molecular formula is C17H25NO. The Hall–Kier alpha value is -1.02. The standard InChI is InChI=1S/C17H25NO/c1-13-5-7-14(8-6-13)12-19-17-4-2-3-15-9-10-18-11-16(15)17/h2-4,13-14,18H,5-12H2,1H3. The van der Waals surface area contributed by atoms with E-state index in [9.17, 15) is 0 Å². The molecule has 1 aliphatic heterocycles. The second kappa shape index (κ2) is 5.96. The Bertz CT molecular complexity index is 421. The van der Waals surface area contributed by atoms with Crippen LogP contribution in [-0.2, 0) is 13.0 Å². The lowest BCUT2D eigenvalue weighted by molar-refractivity contribution is 0.186. The third-order valence-corrected chi connectivity index (χ3v) is 4.71. The van der Waals surface area contributed by atoms with Gasteiger partial charge in [-0.2, -0.15) is 0 Å². The lowest BCUT2D eigenvalue weighted by Crippen LogP contribution is -2.25. The number of nitrogens with one attached hydrogen (secondary N) is 1. The molecule has 0 radical (unpaired) electrons. The van der Waals surface area contributed by atoms with Gasteiger partial charge in [-0.3, -0.25) is 0 Å². The summed E-state index contributed by atoms with van der Waals surface area (Å²) in [6.45, 7) is 5.34. The molecular weight excluding hydrogens is 234 g/mol. The number of hydrogen-bond donors (Lipinski definition) is 1. The van der Waals surface area contributed by atoms with E-state index in [-0.39, 0.29) is 0 Å². The maximum atomic E-state index is 6.14. The van der Waals surface area contributed by atoms with Crippen LogP contribution in [0.5, 0.6) is 5.75 Å². The monoisotopic (exact) mass is 259 g/mol. The van der Waals surface area contributed by atoms with Crippen LogP contribution < -0.4 is 10.1 Å². The molecule has 2 nitrogen and oxygen atoms in total. The first-order chi connectivity index (χ1) is 9.33. The Morgan fingerprint density at radius 2 is 2.05 bits per heavy atom. The lowest BCUT2D eigenvalue weighted by Gasteiger charge is -2.27. The molecule has 3 rings (SSSR count). The zero-order chi connectivity index (χ0) is 13.1. The normalized spacial score (nSPS) is 26.8. The van der Waals surface area contributed by atoms with Gasteiger partial charge >= 0.3 is 0 Å². The van der Waals surface area contributed by atoms with E-state index in [1.807, 2.05) is 0 Å². The average Bonchev–Trinajstić information content (AvgIpc) is 2.47. The molecule has 0 amide bonds. The summed E-state index contributed by atoms with van der Waals surface area (Å²) in [5.41, 5.74) is 2.85. The fourth-order valence-corrected chi connectivity index (χ4v) is 3.32. The number of benzene rings is 1. The van der Waals surface area contributed by atoms with Crippen molar-refractivity contribution < 1.29 is 4.74 Å². The highest BCUT2D eigenvalue weighted by atomic mass is 16.5. The quantitative estimate of drug-likeness (QED) is 0.896. The second-order valence-corrected chi connectivity index (χ2v) is 6.26. The molecule has 1 aliphatic carbocycles. The van der Waals surface area contributed by atoms with Crippen molar-refractivity contribution in [3.8, 4) is 5.75 Å². The summed E-state index contributed by atoms with van der Waals surface area (Å²) < 4.78 is 6.14. The van der Waals surface area contributed by atoms with E-state index < -0.39 is 0 Å². The van der Waals surface area contributed by atoms with E-state index in [4.69, 9.17) is 4.74 Å². The summed E-state index contributed by atoms with van der Waals surface area (Å²) in [6.07, 6.45) is 6.57. The van der Waals surface area contributed by atoms with Gasteiger partial charge in [0, 0.05) is 12.1 Å². The minimum absolute atomic E-state index is 0.767. The van der Waals surface area contributed by atoms with E-state index in [0.29, 0.717) is 0 Å². The average molecular weight is 259 g/mol. The maximum absolute atomic E-state index is 6.14.